The molecule has 4 rings (SSSR count). The first kappa shape index (κ1) is 21.5. The fourth-order valence-electron chi connectivity index (χ4n) is 3.31. The van der Waals surface area contributed by atoms with Crippen LogP contribution in [0.5, 0.6) is 11.5 Å². The molecule has 32 heavy (non-hydrogen) atoms. The Labute approximate surface area is 190 Å². The zero-order valence-electron chi connectivity index (χ0n) is 17.4. The van der Waals surface area contributed by atoms with Crippen molar-refractivity contribution in [2.24, 2.45) is 0 Å². The molecule has 0 atom stereocenters. The van der Waals surface area contributed by atoms with E-state index in [1.807, 2.05) is 43.3 Å². The highest BCUT2D eigenvalue weighted by atomic mass is 32.2. The number of phenolic OH excluding ortho intramolecular Hbond substituents is 1. The van der Waals surface area contributed by atoms with Crippen molar-refractivity contribution < 1.29 is 19.4 Å². The molecule has 1 fully saturated rings. The Kier molecular flexibility index (Phi) is 6.47. The molecule has 0 aliphatic carbocycles. The van der Waals surface area contributed by atoms with Crippen LogP contribution in [0.1, 0.15) is 18.1 Å². The van der Waals surface area contributed by atoms with Crippen molar-refractivity contribution in [2.45, 2.75) is 17.6 Å². The summed E-state index contributed by atoms with van der Waals surface area (Å²) in [5.41, 5.74) is 4.45. The molecule has 1 aliphatic heterocycles. The van der Waals surface area contributed by atoms with Crippen molar-refractivity contribution in [1.82, 2.24) is 5.43 Å². The van der Waals surface area contributed by atoms with E-state index in [0.29, 0.717) is 34.9 Å². The van der Waals surface area contributed by atoms with Crippen molar-refractivity contribution in [3.8, 4) is 11.5 Å². The number of nitrogens with zero attached hydrogens (tertiary/aromatic N) is 1. The van der Waals surface area contributed by atoms with Crippen LogP contribution in [0.15, 0.2) is 83.3 Å². The number of aromatic hydroxyl groups is 1. The van der Waals surface area contributed by atoms with Crippen LogP contribution in [0.25, 0.3) is 6.08 Å². The lowest BCUT2D eigenvalue weighted by Gasteiger charge is -2.14. The molecule has 6 nitrogen and oxygen atoms in total. The summed E-state index contributed by atoms with van der Waals surface area (Å²) in [5.74, 6) is -0.0391. The second-order valence-electron chi connectivity index (χ2n) is 7.04. The Morgan fingerprint density at radius 3 is 2.41 bits per heavy atom. The van der Waals surface area contributed by atoms with Gasteiger partial charge < -0.3 is 9.84 Å². The van der Waals surface area contributed by atoms with Crippen LogP contribution >= 0.6 is 11.8 Å². The Morgan fingerprint density at radius 1 is 1.03 bits per heavy atom. The van der Waals surface area contributed by atoms with E-state index in [1.54, 1.807) is 48.2 Å². The fourth-order valence-corrected chi connectivity index (χ4v) is 4.20. The number of hydrogen-bond donors (Lipinski definition) is 2. The van der Waals surface area contributed by atoms with Crippen LogP contribution in [0.3, 0.4) is 0 Å². The monoisotopic (exact) mass is 446 g/mol. The third-order valence-corrected chi connectivity index (χ3v) is 5.89. The number of rotatable bonds is 7. The van der Waals surface area contributed by atoms with Gasteiger partial charge in [0.1, 0.15) is 5.57 Å². The van der Waals surface area contributed by atoms with Crippen LogP contribution in [0.2, 0.25) is 0 Å². The Hall–Kier alpha value is -3.71. The zero-order chi connectivity index (χ0) is 22.5. The van der Waals surface area contributed by atoms with Crippen molar-refractivity contribution in [3.05, 3.63) is 89.5 Å². The number of carbonyl (C=O) groups excluding carboxylic acids is 2. The van der Waals surface area contributed by atoms with Gasteiger partial charge in [0.15, 0.2) is 11.5 Å². The number of phenols is 1. The van der Waals surface area contributed by atoms with Gasteiger partial charge in [-0.25, -0.2) is 5.01 Å². The van der Waals surface area contributed by atoms with Gasteiger partial charge in [-0.3, -0.25) is 15.0 Å². The molecule has 0 bridgehead atoms. The molecule has 0 spiro atoms. The minimum Gasteiger partial charge on any atom is -0.504 e. The molecule has 0 saturated carbocycles. The standard InChI is InChI=1S/C25H22N2O4S/c1-2-31-22-15-17(13-18(23(22)28)16-32-20-11-7-4-8-12-20)14-21-24(29)26-27(25(21)30)19-9-5-3-6-10-19/h3-15,28H,2,16H2,1H3,(H,26,29)/b21-14+. The van der Waals surface area contributed by atoms with E-state index >= 15 is 0 Å². The molecule has 0 unspecified atom stereocenters. The SMILES string of the molecule is CCOc1cc(/C=C2\C(=O)NN(c3ccccc3)C2=O)cc(CSc2ccccc2)c1O. The summed E-state index contributed by atoms with van der Waals surface area (Å²) in [7, 11) is 0. The molecule has 0 radical (unpaired) electrons. The van der Waals surface area contributed by atoms with Crippen LogP contribution < -0.4 is 15.2 Å². The average molecular weight is 447 g/mol. The average Bonchev–Trinajstić information content (AvgIpc) is 3.10. The topological polar surface area (TPSA) is 78.9 Å². The summed E-state index contributed by atoms with van der Waals surface area (Å²) >= 11 is 1.57. The third-order valence-electron chi connectivity index (χ3n) is 4.83. The molecular formula is C25H22N2O4S. The van der Waals surface area contributed by atoms with Gasteiger partial charge >= 0.3 is 0 Å². The normalized spacial score (nSPS) is 14.7. The predicted molar refractivity (Wildman–Crippen MR) is 125 cm³/mol. The molecule has 2 N–H and O–H groups in total. The van der Waals surface area contributed by atoms with Crippen molar-refractivity contribution in [2.75, 3.05) is 11.6 Å². The summed E-state index contributed by atoms with van der Waals surface area (Å²) < 4.78 is 5.59. The minimum atomic E-state index is -0.481. The highest BCUT2D eigenvalue weighted by Crippen LogP contribution is 2.36. The first-order chi connectivity index (χ1) is 15.6. The molecule has 162 valence electrons. The Bertz CT molecular complexity index is 1160. The number of thioether (sulfide) groups is 1. The van der Waals surface area contributed by atoms with Crippen LogP contribution in [-0.2, 0) is 15.3 Å². The largest absolute Gasteiger partial charge is 0.504 e. The van der Waals surface area contributed by atoms with Crippen LogP contribution in [0, 0.1) is 0 Å². The summed E-state index contributed by atoms with van der Waals surface area (Å²) in [5, 5.41) is 11.9. The number of amides is 2. The highest BCUT2D eigenvalue weighted by molar-refractivity contribution is 7.98. The maximum Gasteiger partial charge on any atom is 0.282 e. The summed E-state index contributed by atoms with van der Waals surface area (Å²) in [4.78, 5) is 26.5. The summed E-state index contributed by atoms with van der Waals surface area (Å²) in [6, 6.07) is 22.2. The molecular weight excluding hydrogens is 424 g/mol. The minimum absolute atomic E-state index is 0.0173. The molecule has 3 aromatic rings. The lowest BCUT2D eigenvalue weighted by atomic mass is 10.1. The number of hydrazine groups is 1. The number of anilines is 1. The number of benzene rings is 3. The van der Waals surface area contributed by atoms with Crippen molar-refractivity contribution >= 4 is 35.3 Å². The molecule has 2 amide bonds. The lowest BCUT2D eigenvalue weighted by molar-refractivity contribution is -0.117. The van der Waals surface area contributed by atoms with Gasteiger partial charge in [-0.2, -0.15) is 0 Å². The van der Waals surface area contributed by atoms with E-state index in [2.05, 4.69) is 5.43 Å². The van der Waals surface area contributed by atoms with E-state index in [-0.39, 0.29) is 11.3 Å². The van der Waals surface area contributed by atoms with Gasteiger partial charge in [0.2, 0.25) is 0 Å². The molecule has 0 aromatic heterocycles. The molecule has 7 heteroatoms. The first-order valence-electron chi connectivity index (χ1n) is 10.2. The quantitative estimate of drug-likeness (QED) is 0.316. The van der Waals surface area contributed by atoms with Crippen LogP contribution in [0.4, 0.5) is 5.69 Å². The van der Waals surface area contributed by atoms with Crippen molar-refractivity contribution in [1.29, 1.82) is 0 Å². The Morgan fingerprint density at radius 2 is 1.72 bits per heavy atom. The first-order valence-corrected chi connectivity index (χ1v) is 11.1. The van der Waals surface area contributed by atoms with Gasteiger partial charge in [-0.1, -0.05) is 36.4 Å². The molecule has 1 saturated heterocycles. The molecule has 3 aromatic carbocycles. The van der Waals surface area contributed by atoms with Gasteiger partial charge in [-0.05, 0) is 55.0 Å². The smallest absolute Gasteiger partial charge is 0.282 e. The van der Waals surface area contributed by atoms with Gasteiger partial charge in [0, 0.05) is 16.2 Å². The summed E-state index contributed by atoms with van der Waals surface area (Å²) in [6.45, 7) is 2.20. The third kappa shape index (κ3) is 4.63. The number of hydrogen-bond acceptors (Lipinski definition) is 5. The van der Waals surface area contributed by atoms with E-state index in [9.17, 15) is 14.7 Å². The van der Waals surface area contributed by atoms with E-state index in [0.717, 1.165) is 4.90 Å². The van der Waals surface area contributed by atoms with Crippen LogP contribution in [-0.4, -0.2) is 23.5 Å². The van der Waals surface area contributed by atoms with Gasteiger partial charge in [-0.15, -0.1) is 11.8 Å². The Balaban J connectivity index is 1.65. The number of ether oxygens (including phenoxy) is 1. The number of para-hydroxylation sites is 1. The van der Waals surface area contributed by atoms with E-state index in [4.69, 9.17) is 4.74 Å². The number of carbonyl (C=O) groups is 2. The lowest BCUT2D eigenvalue weighted by Crippen LogP contribution is -2.35. The zero-order valence-corrected chi connectivity index (χ0v) is 18.3. The maximum absolute atomic E-state index is 12.9. The predicted octanol–water partition coefficient (Wildman–Crippen LogP) is 4.54. The molecule has 1 heterocycles. The van der Waals surface area contributed by atoms with Gasteiger partial charge in [0.05, 0.1) is 12.3 Å². The molecule has 1 aliphatic rings. The van der Waals surface area contributed by atoms with E-state index < -0.39 is 11.8 Å². The van der Waals surface area contributed by atoms with E-state index in [1.165, 1.54) is 11.1 Å². The second kappa shape index (κ2) is 9.62. The maximum atomic E-state index is 12.9. The number of nitrogens with one attached hydrogen (secondary N) is 1. The highest BCUT2D eigenvalue weighted by Gasteiger charge is 2.34. The summed E-state index contributed by atoms with van der Waals surface area (Å²) in [6.07, 6.45) is 1.53. The fraction of sp³-hybridized carbons (Fsp3) is 0.120. The van der Waals surface area contributed by atoms with Gasteiger partial charge in [0.25, 0.3) is 11.8 Å². The van der Waals surface area contributed by atoms with Crippen molar-refractivity contribution in [3.63, 3.8) is 0 Å². The second-order valence-corrected chi connectivity index (χ2v) is 8.09.